The molecule has 4 rings (SSSR count). The third-order valence-corrected chi connectivity index (χ3v) is 3.86. The first-order valence-electron chi connectivity index (χ1n) is 8.61. The van der Waals surface area contributed by atoms with Crippen LogP contribution in [0.1, 0.15) is 0 Å². The fourth-order valence-electron chi connectivity index (χ4n) is 2.50. The van der Waals surface area contributed by atoms with E-state index in [-0.39, 0.29) is 12.5 Å². The molecular formula is C21H16N4O3. The topological polar surface area (TPSA) is 90.1 Å². The van der Waals surface area contributed by atoms with Crippen molar-refractivity contribution in [3.63, 3.8) is 0 Å². The van der Waals surface area contributed by atoms with Gasteiger partial charge in [-0.2, -0.15) is 4.98 Å². The number of benzene rings is 2. The average Bonchev–Trinajstić information content (AvgIpc) is 3.24. The van der Waals surface area contributed by atoms with Crippen molar-refractivity contribution in [2.24, 2.45) is 0 Å². The number of hydrogen-bond acceptors (Lipinski definition) is 6. The van der Waals surface area contributed by atoms with Gasteiger partial charge in [-0.1, -0.05) is 41.6 Å². The molecule has 0 saturated carbocycles. The monoisotopic (exact) mass is 372 g/mol. The first kappa shape index (κ1) is 17.4. The van der Waals surface area contributed by atoms with Gasteiger partial charge < -0.3 is 14.6 Å². The van der Waals surface area contributed by atoms with E-state index in [0.717, 1.165) is 11.1 Å². The van der Waals surface area contributed by atoms with Crippen molar-refractivity contribution in [1.82, 2.24) is 15.1 Å². The summed E-state index contributed by atoms with van der Waals surface area (Å²) in [5.74, 6) is 1.70. The van der Waals surface area contributed by atoms with E-state index in [4.69, 9.17) is 9.26 Å². The summed E-state index contributed by atoms with van der Waals surface area (Å²) >= 11 is 0. The van der Waals surface area contributed by atoms with Crippen LogP contribution in [0.5, 0.6) is 5.75 Å². The number of ether oxygens (including phenoxy) is 1. The summed E-state index contributed by atoms with van der Waals surface area (Å²) in [6, 6.07) is 22.0. The Morgan fingerprint density at radius 2 is 1.71 bits per heavy atom. The van der Waals surface area contributed by atoms with Crippen molar-refractivity contribution in [3.8, 4) is 28.6 Å². The lowest BCUT2D eigenvalue weighted by atomic mass is 10.2. The van der Waals surface area contributed by atoms with E-state index in [0.29, 0.717) is 23.3 Å². The third kappa shape index (κ3) is 4.21. The maximum atomic E-state index is 11.9. The predicted molar refractivity (Wildman–Crippen MR) is 104 cm³/mol. The van der Waals surface area contributed by atoms with Gasteiger partial charge in [-0.05, 0) is 36.4 Å². The van der Waals surface area contributed by atoms with Crippen molar-refractivity contribution in [3.05, 3.63) is 79.0 Å². The van der Waals surface area contributed by atoms with E-state index in [1.165, 1.54) is 0 Å². The molecule has 2 heterocycles. The second-order valence-electron chi connectivity index (χ2n) is 5.87. The summed E-state index contributed by atoms with van der Waals surface area (Å²) in [4.78, 5) is 20.3. The zero-order valence-electron chi connectivity index (χ0n) is 14.8. The Balaban J connectivity index is 1.36. The molecule has 0 atom stereocenters. The second kappa shape index (κ2) is 8.13. The molecule has 2 aromatic carbocycles. The van der Waals surface area contributed by atoms with E-state index < -0.39 is 0 Å². The number of carbonyl (C=O) groups is 1. The Hall–Kier alpha value is -4.00. The van der Waals surface area contributed by atoms with Gasteiger partial charge in [0.2, 0.25) is 5.82 Å². The number of amides is 1. The van der Waals surface area contributed by atoms with Crippen LogP contribution in [0, 0.1) is 0 Å². The second-order valence-corrected chi connectivity index (χ2v) is 5.87. The summed E-state index contributed by atoms with van der Waals surface area (Å²) in [5, 5.41) is 6.67. The van der Waals surface area contributed by atoms with Crippen LogP contribution in [-0.2, 0) is 4.79 Å². The van der Waals surface area contributed by atoms with Gasteiger partial charge >= 0.3 is 0 Å². The van der Waals surface area contributed by atoms with Crippen LogP contribution in [0.3, 0.4) is 0 Å². The van der Waals surface area contributed by atoms with E-state index in [1.54, 1.807) is 48.7 Å². The van der Waals surface area contributed by atoms with Gasteiger partial charge in [0, 0.05) is 17.3 Å². The lowest BCUT2D eigenvalue weighted by Gasteiger charge is -2.07. The number of anilines is 1. The summed E-state index contributed by atoms with van der Waals surface area (Å²) in [6.45, 7) is -0.116. The Bertz CT molecular complexity index is 1050. The molecule has 0 saturated heterocycles. The highest BCUT2D eigenvalue weighted by Crippen LogP contribution is 2.24. The van der Waals surface area contributed by atoms with Crippen LogP contribution >= 0.6 is 0 Å². The van der Waals surface area contributed by atoms with E-state index >= 15 is 0 Å². The molecule has 7 heteroatoms. The fourth-order valence-corrected chi connectivity index (χ4v) is 2.50. The molecule has 1 amide bonds. The molecule has 0 fully saturated rings. The number of rotatable bonds is 6. The molecule has 7 nitrogen and oxygen atoms in total. The van der Waals surface area contributed by atoms with Crippen molar-refractivity contribution in [2.45, 2.75) is 0 Å². The molecule has 28 heavy (non-hydrogen) atoms. The average molecular weight is 372 g/mol. The summed E-state index contributed by atoms with van der Waals surface area (Å²) in [7, 11) is 0. The van der Waals surface area contributed by atoms with Gasteiger partial charge in [-0.25, -0.2) is 4.98 Å². The summed E-state index contributed by atoms with van der Waals surface area (Å²) < 4.78 is 10.8. The quantitative estimate of drug-likeness (QED) is 0.553. The minimum atomic E-state index is -0.285. The minimum Gasteiger partial charge on any atom is -0.484 e. The predicted octanol–water partition coefficient (Wildman–Crippen LogP) is 3.82. The summed E-state index contributed by atoms with van der Waals surface area (Å²) in [5.41, 5.74) is 1.65. The molecule has 4 aromatic rings. The Labute approximate surface area is 161 Å². The largest absolute Gasteiger partial charge is 0.484 e. The van der Waals surface area contributed by atoms with Crippen LogP contribution in [-0.4, -0.2) is 27.6 Å². The highest BCUT2D eigenvalue weighted by atomic mass is 16.5. The minimum absolute atomic E-state index is 0.116. The van der Waals surface area contributed by atoms with Crippen molar-refractivity contribution >= 4 is 11.7 Å². The van der Waals surface area contributed by atoms with Gasteiger partial charge in [-0.15, -0.1) is 0 Å². The molecule has 2 aromatic heterocycles. The van der Waals surface area contributed by atoms with Crippen LogP contribution in [0.2, 0.25) is 0 Å². The molecule has 0 aliphatic rings. The van der Waals surface area contributed by atoms with Gasteiger partial charge in [0.25, 0.3) is 11.8 Å². The van der Waals surface area contributed by atoms with Crippen LogP contribution in [0.4, 0.5) is 5.82 Å². The van der Waals surface area contributed by atoms with Gasteiger partial charge in [0.1, 0.15) is 11.6 Å². The molecule has 0 aliphatic carbocycles. The SMILES string of the molecule is O=C(COc1ccc(-c2nc(-c3ccccc3)no2)cc1)Nc1ccccn1. The van der Waals surface area contributed by atoms with E-state index in [1.807, 2.05) is 30.3 Å². The first-order chi connectivity index (χ1) is 13.8. The normalized spacial score (nSPS) is 10.4. The Kier molecular flexibility index (Phi) is 5.06. The van der Waals surface area contributed by atoms with Crippen LogP contribution in [0.15, 0.2) is 83.5 Å². The number of carbonyl (C=O) groups excluding carboxylic acids is 1. The number of aromatic nitrogens is 3. The molecule has 0 aliphatic heterocycles. The molecule has 0 unspecified atom stereocenters. The molecule has 0 bridgehead atoms. The molecule has 0 spiro atoms. The number of nitrogens with zero attached hydrogens (tertiary/aromatic N) is 3. The fraction of sp³-hybridized carbons (Fsp3) is 0.0476. The highest BCUT2D eigenvalue weighted by molar-refractivity contribution is 5.90. The lowest BCUT2D eigenvalue weighted by Crippen LogP contribution is -2.20. The Morgan fingerprint density at radius 1 is 0.929 bits per heavy atom. The smallest absolute Gasteiger partial charge is 0.263 e. The number of hydrogen-bond donors (Lipinski definition) is 1. The van der Waals surface area contributed by atoms with Crippen LogP contribution < -0.4 is 10.1 Å². The molecule has 1 N–H and O–H groups in total. The van der Waals surface area contributed by atoms with Crippen molar-refractivity contribution in [1.29, 1.82) is 0 Å². The molecule has 0 radical (unpaired) electrons. The van der Waals surface area contributed by atoms with Gasteiger partial charge in [0.15, 0.2) is 6.61 Å². The molecule has 138 valence electrons. The third-order valence-electron chi connectivity index (χ3n) is 3.86. The zero-order chi connectivity index (χ0) is 19.2. The van der Waals surface area contributed by atoms with Gasteiger partial charge in [0.05, 0.1) is 0 Å². The van der Waals surface area contributed by atoms with E-state index in [9.17, 15) is 4.79 Å². The number of pyridine rings is 1. The zero-order valence-corrected chi connectivity index (χ0v) is 14.8. The van der Waals surface area contributed by atoms with E-state index in [2.05, 4.69) is 20.4 Å². The maximum Gasteiger partial charge on any atom is 0.263 e. The maximum absolute atomic E-state index is 11.9. The molecular weight excluding hydrogens is 356 g/mol. The highest BCUT2D eigenvalue weighted by Gasteiger charge is 2.11. The standard InChI is InChI=1S/C21H16N4O3/c26-19(23-18-8-4-5-13-22-18)14-27-17-11-9-16(10-12-17)21-24-20(25-28-21)15-6-2-1-3-7-15/h1-13H,14H2,(H,22,23,26). The van der Waals surface area contributed by atoms with Gasteiger partial charge in [-0.3, -0.25) is 4.79 Å². The Morgan fingerprint density at radius 3 is 2.46 bits per heavy atom. The van der Waals surface area contributed by atoms with Crippen molar-refractivity contribution in [2.75, 3.05) is 11.9 Å². The van der Waals surface area contributed by atoms with Crippen LogP contribution in [0.25, 0.3) is 22.8 Å². The number of nitrogens with one attached hydrogen (secondary N) is 1. The first-order valence-corrected chi connectivity index (χ1v) is 8.61. The lowest BCUT2D eigenvalue weighted by molar-refractivity contribution is -0.118. The van der Waals surface area contributed by atoms with Crippen molar-refractivity contribution < 1.29 is 14.1 Å². The summed E-state index contributed by atoms with van der Waals surface area (Å²) in [6.07, 6.45) is 1.61.